The Morgan fingerprint density at radius 2 is 0.652 bits per heavy atom. The quantitative estimate of drug-likeness (QED) is 0.128. The zero-order chi connectivity index (χ0) is 61.3. The highest BCUT2D eigenvalue weighted by Gasteiger charge is 2.26. The van der Waals surface area contributed by atoms with Crippen molar-refractivity contribution in [1.29, 1.82) is 0 Å². The van der Waals surface area contributed by atoms with Crippen molar-refractivity contribution in [3.63, 3.8) is 0 Å². The average molecular weight is 1180 g/mol. The number of rotatable bonds is 6. The maximum absolute atomic E-state index is 5.58. The summed E-state index contributed by atoms with van der Waals surface area (Å²) < 4.78 is 0. The molecule has 12 nitrogen and oxygen atoms in total. The Balaban J connectivity index is 0.992. The number of H-pyrrole nitrogens is 4. The monoisotopic (exact) mass is 1180 g/mol. The molecule has 7 aromatic heterocycles. The predicted molar refractivity (Wildman–Crippen MR) is 369 cm³/mol. The molecule has 0 amide bonds. The van der Waals surface area contributed by atoms with Gasteiger partial charge in [0.15, 0.2) is 23.3 Å². The summed E-state index contributed by atoms with van der Waals surface area (Å²) in [4.78, 5) is 59.6. The minimum absolute atomic E-state index is 0.576. The van der Waals surface area contributed by atoms with E-state index in [1.807, 2.05) is 36.4 Å². The van der Waals surface area contributed by atoms with Crippen LogP contribution in [0.4, 0.5) is 0 Å². The first-order chi connectivity index (χ1) is 42.9. The Kier molecular flexibility index (Phi) is 13.1. The molecule has 0 unspecified atom stereocenters. The first-order valence-corrected chi connectivity index (χ1v) is 31.0. The van der Waals surface area contributed by atoms with E-state index < -0.39 is 0 Å². The molecule has 4 N–H and O–H groups in total. The minimum atomic E-state index is 0.576. The fourth-order valence-electron chi connectivity index (χ4n) is 14.1. The average Bonchev–Trinajstić information content (AvgIpc) is 1.73. The number of hydrogen-bond donors (Lipinski definition) is 4. The number of aromatic nitrogens is 12. The second-order valence-corrected chi connectivity index (χ2v) is 25.5. The normalized spacial score (nSPS) is 12.7. The molecule has 13 heteroatoms. The smallest absolute Gasteiger partial charge is 0.163 e. The molecule has 0 atom stereocenters. The van der Waals surface area contributed by atoms with Crippen LogP contribution in [0.3, 0.4) is 0 Å². The lowest BCUT2D eigenvalue weighted by molar-refractivity contribution is 1.17. The molecule has 16 bridgehead atoms. The first-order valence-electron chi connectivity index (χ1n) is 30.1. The molecule has 4 aliphatic rings. The molecular weight excluding hydrogens is 1110 g/mol. The Labute approximate surface area is 519 Å². The number of thiophene rings is 1. The van der Waals surface area contributed by atoms with Crippen molar-refractivity contribution in [3.05, 3.63) is 221 Å². The van der Waals surface area contributed by atoms with Crippen LogP contribution in [-0.4, -0.2) is 59.8 Å². The van der Waals surface area contributed by atoms with Crippen LogP contribution in [0.25, 0.3) is 148 Å². The van der Waals surface area contributed by atoms with E-state index in [1.54, 1.807) is 11.3 Å². The fraction of sp³-hybridized carbons (Fsp3) is 0.158. The van der Waals surface area contributed by atoms with Gasteiger partial charge < -0.3 is 19.9 Å². The lowest BCUT2D eigenvalue weighted by Crippen LogP contribution is -1.94. The summed E-state index contributed by atoms with van der Waals surface area (Å²) in [6, 6.07) is 36.9. The second-order valence-electron chi connectivity index (χ2n) is 24.4. The van der Waals surface area contributed by atoms with Crippen LogP contribution in [0.15, 0.2) is 103 Å². The van der Waals surface area contributed by atoms with E-state index in [0.29, 0.717) is 45.9 Å². The molecule has 4 aromatic carbocycles. The maximum atomic E-state index is 5.58. The van der Waals surface area contributed by atoms with Crippen LogP contribution in [0.2, 0.25) is 0 Å². The third kappa shape index (κ3) is 9.78. The van der Waals surface area contributed by atoms with Gasteiger partial charge in [0, 0.05) is 59.7 Å². The van der Waals surface area contributed by atoms with Crippen molar-refractivity contribution in [3.8, 4) is 54.9 Å². The summed E-state index contributed by atoms with van der Waals surface area (Å²) in [7, 11) is 0. The molecule has 89 heavy (non-hydrogen) atoms. The number of nitrogens with one attached hydrogen (secondary N) is 4. The van der Waals surface area contributed by atoms with Gasteiger partial charge in [0.2, 0.25) is 0 Å². The van der Waals surface area contributed by atoms with E-state index in [9.17, 15) is 0 Å². The van der Waals surface area contributed by atoms with Crippen LogP contribution in [-0.2, 0) is 0 Å². The highest BCUT2D eigenvalue weighted by molar-refractivity contribution is 7.16. The topological polar surface area (TPSA) is 166 Å². The highest BCUT2D eigenvalue weighted by atomic mass is 32.1. The first kappa shape index (κ1) is 55.1. The lowest BCUT2D eigenvalue weighted by Gasteiger charge is -2.13. The summed E-state index contributed by atoms with van der Waals surface area (Å²) in [6.45, 7) is 26.0. The molecule has 0 aliphatic carbocycles. The number of benzene rings is 4. The van der Waals surface area contributed by atoms with Crippen LogP contribution >= 0.6 is 11.3 Å². The van der Waals surface area contributed by atoms with Crippen molar-refractivity contribution in [1.82, 2.24) is 59.8 Å². The molecule has 0 fully saturated rings. The van der Waals surface area contributed by atoms with E-state index in [-0.39, 0.29) is 0 Å². The number of aromatic amines is 4. The molecule has 0 saturated carbocycles. The largest absolute Gasteiger partial charge is 0.340 e. The molecule has 0 saturated heterocycles. The van der Waals surface area contributed by atoms with Crippen molar-refractivity contribution in [2.75, 3.05) is 0 Å². The van der Waals surface area contributed by atoms with E-state index >= 15 is 0 Å². The van der Waals surface area contributed by atoms with Gasteiger partial charge in [0.1, 0.15) is 22.6 Å². The molecule has 11 heterocycles. The van der Waals surface area contributed by atoms with Crippen LogP contribution in [0.5, 0.6) is 0 Å². The van der Waals surface area contributed by atoms with Crippen LogP contribution in [0, 0.1) is 83.1 Å². The van der Waals surface area contributed by atoms with Crippen molar-refractivity contribution in [2.24, 2.45) is 0 Å². The van der Waals surface area contributed by atoms with Gasteiger partial charge in [0.05, 0.1) is 28.3 Å². The summed E-state index contributed by atoms with van der Waals surface area (Å²) >= 11 is 1.68. The van der Waals surface area contributed by atoms with E-state index in [2.05, 4.69) is 212 Å². The molecule has 0 radical (unpaired) electrons. The van der Waals surface area contributed by atoms with E-state index in [4.69, 9.17) is 39.9 Å². The number of aryl methyl sites for hydroxylation is 12. The standard InChI is InChI=1S/C76H64N12S/c1-37-27-41(5)67(42(6)28-37)71-51-13-21-61(77-51)85-63-23-15-55(79-63)73(69-45(9)31-39(3)32-46(69)10)57-35-49(75(83-57)87-65-25-17-53(71)81-65)59-19-20-60(89-59)50-36-58-74(70-47(11)33-40(4)34-48(70)12)56-16-24-64(80-56)86-62-22-14-52(78-62)72(68-43(7)29-38(2)30-44(68)8)54-18-26-66(82-54)88-76(50)84-58/h13-36H,1-12H3,(H,77,79,85)(H,78,80,86)(H,81,83,87)(H,82,84,88). The van der Waals surface area contributed by atoms with Gasteiger partial charge in [-0.3, -0.25) is 0 Å². The number of nitrogens with zero attached hydrogens (tertiary/aromatic N) is 8. The molecule has 15 rings (SSSR count). The van der Waals surface area contributed by atoms with Gasteiger partial charge in [-0.25, -0.2) is 39.9 Å². The summed E-state index contributed by atoms with van der Waals surface area (Å²) in [5.41, 5.74) is 33.6. The molecule has 4 aliphatic heterocycles. The Bertz CT molecular complexity index is 5320. The number of hydrogen-bond acceptors (Lipinski definition) is 9. The van der Waals surface area contributed by atoms with Crippen molar-refractivity contribution >= 4 is 104 Å². The fourth-order valence-corrected chi connectivity index (χ4v) is 15.1. The maximum Gasteiger partial charge on any atom is 0.163 e. The van der Waals surface area contributed by atoms with Gasteiger partial charge in [-0.2, -0.15) is 0 Å². The molecule has 11 aromatic rings. The van der Waals surface area contributed by atoms with Crippen molar-refractivity contribution in [2.45, 2.75) is 83.1 Å². The zero-order valence-corrected chi connectivity index (χ0v) is 52.7. The van der Waals surface area contributed by atoms with E-state index in [0.717, 1.165) is 155 Å². The zero-order valence-electron chi connectivity index (χ0n) is 51.8. The Morgan fingerprint density at radius 3 is 1.07 bits per heavy atom. The summed E-state index contributed by atoms with van der Waals surface area (Å²) in [5.74, 6) is 2.37. The van der Waals surface area contributed by atoms with Crippen LogP contribution < -0.4 is 0 Å². The molecule has 0 spiro atoms. The van der Waals surface area contributed by atoms with E-state index in [1.165, 1.54) is 22.3 Å². The Morgan fingerprint density at radius 1 is 0.292 bits per heavy atom. The predicted octanol–water partition coefficient (Wildman–Crippen LogP) is 18.7. The third-order valence-electron chi connectivity index (χ3n) is 17.3. The van der Waals surface area contributed by atoms with Crippen molar-refractivity contribution < 1.29 is 0 Å². The van der Waals surface area contributed by atoms with Crippen LogP contribution in [0.1, 0.15) is 118 Å². The Hall–Kier alpha value is -10.5. The van der Waals surface area contributed by atoms with Gasteiger partial charge >= 0.3 is 0 Å². The summed E-state index contributed by atoms with van der Waals surface area (Å²) in [6.07, 6.45) is 14.4. The van der Waals surface area contributed by atoms with Gasteiger partial charge in [-0.05, 0) is 247 Å². The summed E-state index contributed by atoms with van der Waals surface area (Å²) in [5, 5.41) is 0. The number of fused-ring (bicyclic) bond motifs is 16. The molecular formula is C76H64N12S. The minimum Gasteiger partial charge on any atom is -0.340 e. The van der Waals surface area contributed by atoms with Gasteiger partial charge in [0.25, 0.3) is 0 Å². The lowest BCUT2D eigenvalue weighted by atomic mass is 9.92. The highest BCUT2D eigenvalue weighted by Crippen LogP contribution is 2.45. The molecule has 434 valence electrons. The third-order valence-corrected chi connectivity index (χ3v) is 18.5. The SMILES string of the molecule is Cc1cc(C)c(-c2c3nc(nc4[nH]c(cc4-c4ccc(C5=Cc6nc5nc5ccc([nH]5)c(-c5c(C)cc(C)cc5C)c5nc(nc7ccc([nH]7)c6-c6c(C)cc(C)cc6C)C=C5)s4)c(-c4c(C)cc(C)cc4C)c4nc(nc5ccc2[nH]5)C=C4)C=C3)c(C)c1. The second kappa shape index (κ2) is 21.1. The van der Waals surface area contributed by atoms with Gasteiger partial charge in [-0.1, -0.05) is 70.8 Å². The van der Waals surface area contributed by atoms with Gasteiger partial charge in [-0.15, -0.1) is 11.3 Å².